The molecule has 9 heteroatoms. The fourth-order valence-corrected chi connectivity index (χ4v) is 4.22. The van der Waals surface area contributed by atoms with Crippen molar-refractivity contribution in [3.63, 3.8) is 0 Å². The molecule has 1 aromatic rings. The van der Waals surface area contributed by atoms with Crippen molar-refractivity contribution in [1.29, 1.82) is 0 Å². The molecule has 1 aliphatic heterocycles. The average Bonchev–Trinajstić information content (AvgIpc) is 2.64. The molecule has 8 nitrogen and oxygen atoms in total. The Kier molecular flexibility index (Phi) is 6.96. The number of piperidine rings is 1. The summed E-state index contributed by atoms with van der Waals surface area (Å²) in [6.07, 6.45) is 1.07. The number of carbonyl (C=O) groups is 2. The Morgan fingerprint density at radius 2 is 1.85 bits per heavy atom. The van der Waals surface area contributed by atoms with Crippen LogP contribution in [0.2, 0.25) is 0 Å². The Hall–Kier alpha value is -1.97. The molecule has 0 N–H and O–H groups in total. The minimum absolute atomic E-state index is 0.0498. The Balaban J connectivity index is 2.02. The van der Waals surface area contributed by atoms with Crippen molar-refractivity contribution in [3.8, 4) is 0 Å². The van der Waals surface area contributed by atoms with Gasteiger partial charge in [0, 0.05) is 20.1 Å². The molecule has 0 bridgehead atoms. The highest BCUT2D eigenvalue weighted by atomic mass is 32.2. The topological polar surface area (TPSA) is 93.2 Å². The van der Waals surface area contributed by atoms with Crippen LogP contribution in [-0.2, 0) is 24.4 Å². The maximum atomic E-state index is 12.3. The summed E-state index contributed by atoms with van der Waals surface area (Å²) < 4.78 is 30.3. The van der Waals surface area contributed by atoms with E-state index in [4.69, 9.17) is 9.57 Å². The highest BCUT2D eigenvalue weighted by Crippen LogP contribution is 2.21. The molecule has 27 heavy (non-hydrogen) atoms. The van der Waals surface area contributed by atoms with Crippen molar-refractivity contribution >= 4 is 21.9 Å². The quantitative estimate of drug-likeness (QED) is 0.533. The Labute approximate surface area is 160 Å². The average molecular weight is 398 g/mol. The standard InChI is InChI=1S/C18H26N2O6S/c1-13-8-14(2)11-20(10-13)17(21)12-26-18(22)15-6-5-7-16(9-15)27(23,24)19(3)25-4/h5-7,9,13-14H,8,10-12H2,1-4H3/t13-,14+. The van der Waals surface area contributed by atoms with Crippen LogP contribution in [0.4, 0.5) is 0 Å². The zero-order valence-corrected chi connectivity index (χ0v) is 16.9. The van der Waals surface area contributed by atoms with Gasteiger partial charge in [0.25, 0.3) is 15.9 Å². The van der Waals surface area contributed by atoms with E-state index in [0.717, 1.165) is 6.42 Å². The largest absolute Gasteiger partial charge is 0.452 e. The second-order valence-corrected chi connectivity index (χ2v) is 8.88. The molecule has 1 fully saturated rings. The fourth-order valence-electron chi connectivity index (χ4n) is 3.20. The van der Waals surface area contributed by atoms with Crippen LogP contribution in [0.3, 0.4) is 0 Å². The summed E-state index contributed by atoms with van der Waals surface area (Å²) in [6.45, 7) is 5.11. The summed E-state index contributed by atoms with van der Waals surface area (Å²) in [4.78, 5) is 30.9. The molecule has 1 aromatic carbocycles. The first-order valence-electron chi connectivity index (χ1n) is 8.73. The predicted molar refractivity (Wildman–Crippen MR) is 98.2 cm³/mol. The molecular formula is C18H26N2O6S. The van der Waals surface area contributed by atoms with E-state index in [1.54, 1.807) is 4.90 Å². The number of hydrogen-bond donors (Lipinski definition) is 0. The van der Waals surface area contributed by atoms with Crippen molar-refractivity contribution in [1.82, 2.24) is 9.37 Å². The predicted octanol–water partition coefficient (Wildman–Crippen LogP) is 1.53. The first kappa shape index (κ1) is 21.3. The van der Waals surface area contributed by atoms with E-state index in [-0.39, 0.29) is 23.0 Å². The number of likely N-dealkylation sites (tertiary alicyclic amines) is 1. The van der Waals surface area contributed by atoms with Gasteiger partial charge in [0.1, 0.15) is 0 Å². The van der Waals surface area contributed by atoms with Crippen molar-refractivity contribution in [2.45, 2.75) is 25.2 Å². The van der Waals surface area contributed by atoms with Crippen molar-refractivity contribution < 1.29 is 27.6 Å². The molecule has 2 atom stereocenters. The van der Waals surface area contributed by atoms with Crippen molar-refractivity contribution in [2.24, 2.45) is 11.8 Å². The number of hydroxylamine groups is 1. The molecule has 150 valence electrons. The molecule has 0 radical (unpaired) electrons. The lowest BCUT2D eigenvalue weighted by Gasteiger charge is -2.34. The number of hydrogen-bond acceptors (Lipinski definition) is 6. The molecule has 0 aliphatic carbocycles. The SMILES string of the molecule is CON(C)S(=O)(=O)c1cccc(C(=O)OCC(=O)N2C[C@H](C)C[C@H](C)C2)c1. The summed E-state index contributed by atoms with van der Waals surface area (Å²) in [7, 11) is -1.40. The molecule has 0 saturated carbocycles. The van der Waals surface area contributed by atoms with Crippen LogP contribution in [0.25, 0.3) is 0 Å². The van der Waals surface area contributed by atoms with Gasteiger partial charge in [-0.25, -0.2) is 13.2 Å². The normalized spacial score (nSPS) is 20.6. The number of benzene rings is 1. The lowest BCUT2D eigenvalue weighted by Crippen LogP contribution is -2.44. The molecular weight excluding hydrogens is 372 g/mol. The lowest BCUT2D eigenvalue weighted by molar-refractivity contribution is -0.137. The van der Waals surface area contributed by atoms with E-state index in [1.165, 1.54) is 38.4 Å². The zero-order chi connectivity index (χ0) is 20.2. The van der Waals surface area contributed by atoms with E-state index < -0.39 is 16.0 Å². The zero-order valence-electron chi connectivity index (χ0n) is 16.0. The third kappa shape index (κ3) is 5.27. The van der Waals surface area contributed by atoms with Crippen LogP contribution >= 0.6 is 0 Å². The Morgan fingerprint density at radius 3 is 2.44 bits per heavy atom. The first-order chi connectivity index (χ1) is 12.6. The second kappa shape index (κ2) is 8.81. The van der Waals surface area contributed by atoms with E-state index >= 15 is 0 Å². The highest BCUT2D eigenvalue weighted by molar-refractivity contribution is 7.89. The van der Waals surface area contributed by atoms with Gasteiger partial charge in [0.05, 0.1) is 17.6 Å². The minimum atomic E-state index is -3.88. The maximum absolute atomic E-state index is 12.3. The number of amides is 1. The molecule has 1 amide bonds. The monoisotopic (exact) mass is 398 g/mol. The third-order valence-corrected chi connectivity index (χ3v) is 6.19. The second-order valence-electron chi connectivity index (χ2n) is 6.95. The Bertz CT molecular complexity index is 785. The third-order valence-electron chi connectivity index (χ3n) is 4.51. The van der Waals surface area contributed by atoms with Crippen LogP contribution in [0.5, 0.6) is 0 Å². The van der Waals surface area contributed by atoms with Gasteiger partial charge >= 0.3 is 5.97 Å². The van der Waals surface area contributed by atoms with Crippen LogP contribution < -0.4 is 0 Å². The van der Waals surface area contributed by atoms with Crippen molar-refractivity contribution in [3.05, 3.63) is 29.8 Å². The van der Waals surface area contributed by atoms with E-state index in [2.05, 4.69) is 13.8 Å². The van der Waals surface area contributed by atoms with Gasteiger partial charge in [-0.05, 0) is 36.5 Å². The number of sulfonamides is 1. The summed E-state index contributed by atoms with van der Waals surface area (Å²) in [5, 5.41) is 0. The molecule has 2 rings (SSSR count). The first-order valence-corrected chi connectivity index (χ1v) is 10.2. The minimum Gasteiger partial charge on any atom is -0.452 e. The summed E-state index contributed by atoms with van der Waals surface area (Å²) in [5.74, 6) is -0.177. The number of carbonyl (C=O) groups excluding carboxylic acids is 2. The molecule has 0 unspecified atom stereocenters. The fraction of sp³-hybridized carbons (Fsp3) is 0.556. The Morgan fingerprint density at radius 1 is 1.22 bits per heavy atom. The summed E-state index contributed by atoms with van der Waals surface area (Å²) in [6, 6.07) is 5.42. The van der Waals surface area contributed by atoms with E-state index in [9.17, 15) is 18.0 Å². The molecule has 0 aromatic heterocycles. The van der Waals surface area contributed by atoms with Gasteiger partial charge in [0.2, 0.25) is 0 Å². The van der Waals surface area contributed by atoms with Gasteiger partial charge in [-0.2, -0.15) is 0 Å². The van der Waals surface area contributed by atoms with Crippen molar-refractivity contribution in [2.75, 3.05) is 33.9 Å². The molecule has 1 saturated heterocycles. The smallest absolute Gasteiger partial charge is 0.338 e. The van der Waals surface area contributed by atoms with Gasteiger partial charge in [-0.3, -0.25) is 9.63 Å². The van der Waals surface area contributed by atoms with Crippen LogP contribution in [-0.4, -0.2) is 63.5 Å². The van der Waals surface area contributed by atoms with Crippen LogP contribution in [0.15, 0.2) is 29.2 Å². The number of nitrogens with zero attached hydrogens (tertiary/aromatic N) is 2. The molecule has 1 heterocycles. The van der Waals surface area contributed by atoms with Crippen LogP contribution in [0.1, 0.15) is 30.6 Å². The summed E-state index contributed by atoms with van der Waals surface area (Å²) in [5.41, 5.74) is 0.0498. The van der Waals surface area contributed by atoms with E-state index in [0.29, 0.717) is 29.4 Å². The number of rotatable bonds is 6. The number of esters is 1. The number of ether oxygens (including phenoxy) is 1. The van der Waals surface area contributed by atoms with Gasteiger partial charge in [-0.15, -0.1) is 0 Å². The summed E-state index contributed by atoms with van der Waals surface area (Å²) >= 11 is 0. The highest BCUT2D eigenvalue weighted by Gasteiger charge is 2.26. The van der Waals surface area contributed by atoms with Crippen LogP contribution in [0, 0.1) is 11.8 Å². The maximum Gasteiger partial charge on any atom is 0.338 e. The van der Waals surface area contributed by atoms with Gasteiger partial charge in [0.15, 0.2) is 6.61 Å². The van der Waals surface area contributed by atoms with E-state index in [1.807, 2.05) is 0 Å². The van der Waals surface area contributed by atoms with Gasteiger partial charge < -0.3 is 9.64 Å². The lowest BCUT2D eigenvalue weighted by atomic mass is 9.92. The molecule has 1 aliphatic rings. The van der Waals surface area contributed by atoms with Gasteiger partial charge in [-0.1, -0.05) is 24.4 Å². The molecule has 0 spiro atoms.